The van der Waals surface area contributed by atoms with Crippen molar-refractivity contribution in [1.82, 2.24) is 4.57 Å². The van der Waals surface area contributed by atoms with E-state index in [2.05, 4.69) is 16.7 Å². The van der Waals surface area contributed by atoms with Crippen LogP contribution in [-0.2, 0) is 12.0 Å². The first-order valence-corrected chi connectivity index (χ1v) is 4.89. The molecule has 3 heteroatoms. The highest BCUT2D eigenvalue weighted by Crippen LogP contribution is 2.48. The van der Waals surface area contributed by atoms with Crippen LogP contribution in [0, 0.1) is 0 Å². The number of fused-ring (bicyclic) bond motifs is 1. The van der Waals surface area contributed by atoms with Gasteiger partial charge in [-0.25, -0.2) is 0 Å². The van der Waals surface area contributed by atoms with Crippen molar-refractivity contribution in [2.24, 2.45) is 5.73 Å². The van der Waals surface area contributed by atoms with Crippen molar-refractivity contribution in [2.45, 2.75) is 24.8 Å². The molecule has 1 aliphatic carbocycles. The number of rotatable bonds is 2. The fraction of sp³-hybridized carbons (Fsp3) is 0.600. The molecule has 0 radical (unpaired) electrons. The second-order valence-corrected chi connectivity index (χ2v) is 4.04. The van der Waals surface area contributed by atoms with E-state index < -0.39 is 0 Å². The van der Waals surface area contributed by atoms with Crippen molar-refractivity contribution in [3.8, 4) is 5.88 Å². The van der Waals surface area contributed by atoms with E-state index in [9.17, 15) is 0 Å². The summed E-state index contributed by atoms with van der Waals surface area (Å²) in [5.74, 6) is 1.02. The fourth-order valence-corrected chi connectivity index (χ4v) is 2.23. The van der Waals surface area contributed by atoms with Gasteiger partial charge in [0.15, 0.2) is 5.88 Å². The average molecular weight is 178 g/mol. The molecule has 1 aromatic rings. The van der Waals surface area contributed by atoms with Crippen LogP contribution in [0.3, 0.4) is 0 Å². The van der Waals surface area contributed by atoms with E-state index in [4.69, 9.17) is 10.5 Å². The molecule has 70 valence electrons. The Hall–Kier alpha value is -0.960. The average Bonchev–Trinajstić information content (AvgIpc) is 2.62. The van der Waals surface area contributed by atoms with Crippen LogP contribution in [0.1, 0.15) is 18.5 Å². The van der Waals surface area contributed by atoms with Crippen molar-refractivity contribution in [1.29, 1.82) is 0 Å². The third-order valence-electron chi connectivity index (χ3n) is 3.29. The van der Waals surface area contributed by atoms with Gasteiger partial charge in [-0.05, 0) is 18.9 Å². The van der Waals surface area contributed by atoms with Crippen LogP contribution in [0.5, 0.6) is 5.88 Å². The maximum absolute atomic E-state index is 5.80. The minimum absolute atomic E-state index is 0.298. The summed E-state index contributed by atoms with van der Waals surface area (Å²) in [6.45, 7) is 2.60. The highest BCUT2D eigenvalue weighted by atomic mass is 16.5. The van der Waals surface area contributed by atoms with Crippen molar-refractivity contribution in [2.75, 3.05) is 13.2 Å². The van der Waals surface area contributed by atoms with E-state index >= 15 is 0 Å². The molecule has 13 heavy (non-hydrogen) atoms. The van der Waals surface area contributed by atoms with Gasteiger partial charge in [-0.3, -0.25) is 0 Å². The number of ether oxygens (including phenoxy) is 1. The maximum Gasteiger partial charge on any atom is 0.193 e. The first-order valence-electron chi connectivity index (χ1n) is 4.89. The molecule has 1 fully saturated rings. The number of hydrogen-bond acceptors (Lipinski definition) is 2. The molecule has 2 heterocycles. The predicted octanol–water partition coefficient (Wildman–Crippen LogP) is 0.871. The molecule has 0 spiro atoms. The van der Waals surface area contributed by atoms with Gasteiger partial charge < -0.3 is 15.0 Å². The van der Waals surface area contributed by atoms with E-state index in [0.717, 1.165) is 25.6 Å². The summed E-state index contributed by atoms with van der Waals surface area (Å²) < 4.78 is 7.75. The second kappa shape index (κ2) is 2.29. The lowest BCUT2D eigenvalue weighted by atomic mass is 10.0. The van der Waals surface area contributed by atoms with Gasteiger partial charge in [0.1, 0.15) is 6.61 Å². The normalized spacial score (nSPS) is 22.5. The minimum Gasteiger partial charge on any atom is -0.477 e. The van der Waals surface area contributed by atoms with E-state index in [1.807, 2.05) is 0 Å². The predicted molar refractivity (Wildman–Crippen MR) is 49.9 cm³/mol. The topological polar surface area (TPSA) is 40.2 Å². The molecule has 2 aliphatic rings. The summed E-state index contributed by atoms with van der Waals surface area (Å²) in [6.07, 6.45) is 2.49. The summed E-state index contributed by atoms with van der Waals surface area (Å²) in [4.78, 5) is 0. The molecule has 0 aromatic carbocycles. The molecule has 3 rings (SSSR count). The zero-order chi connectivity index (χ0) is 8.89. The molecule has 1 aliphatic heterocycles. The van der Waals surface area contributed by atoms with Crippen LogP contribution >= 0.6 is 0 Å². The lowest BCUT2D eigenvalue weighted by Crippen LogP contribution is -2.22. The Kier molecular flexibility index (Phi) is 1.31. The maximum atomic E-state index is 5.80. The Morgan fingerprint density at radius 3 is 3.00 bits per heavy atom. The third kappa shape index (κ3) is 0.879. The summed E-state index contributed by atoms with van der Waals surface area (Å²) in [6, 6.07) is 4.24. The molecule has 0 saturated heterocycles. The number of aromatic nitrogens is 1. The van der Waals surface area contributed by atoms with Gasteiger partial charge in [-0.1, -0.05) is 0 Å². The Labute approximate surface area is 77.5 Å². The second-order valence-electron chi connectivity index (χ2n) is 4.04. The lowest BCUT2D eigenvalue weighted by molar-refractivity contribution is 0.357. The lowest BCUT2D eigenvalue weighted by Gasteiger charge is -2.13. The first-order chi connectivity index (χ1) is 6.36. The molecule has 0 amide bonds. The van der Waals surface area contributed by atoms with Gasteiger partial charge in [-0.2, -0.15) is 0 Å². The zero-order valence-corrected chi connectivity index (χ0v) is 7.62. The van der Waals surface area contributed by atoms with Crippen LogP contribution in [-0.4, -0.2) is 17.7 Å². The smallest absolute Gasteiger partial charge is 0.193 e. The third-order valence-corrected chi connectivity index (χ3v) is 3.29. The van der Waals surface area contributed by atoms with E-state index in [1.54, 1.807) is 0 Å². The van der Waals surface area contributed by atoms with Gasteiger partial charge in [0.05, 0.1) is 6.54 Å². The van der Waals surface area contributed by atoms with Gasteiger partial charge in [0.2, 0.25) is 0 Å². The first kappa shape index (κ1) is 7.44. The van der Waals surface area contributed by atoms with Crippen molar-refractivity contribution in [3.05, 3.63) is 17.8 Å². The van der Waals surface area contributed by atoms with Gasteiger partial charge in [0.25, 0.3) is 0 Å². The summed E-state index contributed by atoms with van der Waals surface area (Å²) in [7, 11) is 0. The molecule has 0 unspecified atom stereocenters. The summed E-state index contributed by atoms with van der Waals surface area (Å²) in [5, 5.41) is 0. The Morgan fingerprint density at radius 1 is 1.46 bits per heavy atom. The van der Waals surface area contributed by atoms with Crippen LogP contribution < -0.4 is 10.5 Å². The van der Waals surface area contributed by atoms with E-state index in [1.165, 1.54) is 18.5 Å². The molecule has 1 aromatic heterocycles. The Morgan fingerprint density at radius 2 is 2.31 bits per heavy atom. The molecule has 2 N–H and O–H groups in total. The summed E-state index contributed by atoms with van der Waals surface area (Å²) >= 11 is 0. The van der Waals surface area contributed by atoms with E-state index in [-0.39, 0.29) is 0 Å². The zero-order valence-electron chi connectivity index (χ0n) is 7.62. The molecular formula is C10H14N2O. The quantitative estimate of drug-likeness (QED) is 0.730. The van der Waals surface area contributed by atoms with Crippen LogP contribution in [0.2, 0.25) is 0 Å². The monoisotopic (exact) mass is 178 g/mol. The number of nitrogens with two attached hydrogens (primary N) is 1. The van der Waals surface area contributed by atoms with Crippen molar-refractivity contribution >= 4 is 0 Å². The van der Waals surface area contributed by atoms with Gasteiger partial charge in [0, 0.05) is 23.7 Å². The summed E-state index contributed by atoms with van der Waals surface area (Å²) in [5.41, 5.74) is 7.49. The van der Waals surface area contributed by atoms with Gasteiger partial charge >= 0.3 is 0 Å². The molecular weight excluding hydrogens is 164 g/mol. The van der Waals surface area contributed by atoms with Crippen LogP contribution in [0.25, 0.3) is 0 Å². The molecule has 1 saturated carbocycles. The Bertz CT molecular complexity index is 339. The van der Waals surface area contributed by atoms with Crippen molar-refractivity contribution in [3.63, 3.8) is 0 Å². The Balaban J connectivity index is 2.05. The number of hydrogen-bond donors (Lipinski definition) is 1. The van der Waals surface area contributed by atoms with Crippen LogP contribution in [0.4, 0.5) is 0 Å². The standard InChI is InChI=1S/C10H14N2O/c11-7-10(3-4-10)8-1-2-9-12(8)5-6-13-9/h1-2H,3-7,11H2. The SMILES string of the molecule is NCC1(c2ccc3n2CCO3)CC1. The largest absolute Gasteiger partial charge is 0.477 e. The highest BCUT2D eigenvalue weighted by molar-refractivity contribution is 5.34. The number of nitrogens with zero attached hydrogens (tertiary/aromatic N) is 1. The fourth-order valence-electron chi connectivity index (χ4n) is 2.23. The minimum atomic E-state index is 0.298. The van der Waals surface area contributed by atoms with Crippen molar-refractivity contribution < 1.29 is 4.74 Å². The highest BCUT2D eigenvalue weighted by Gasteiger charge is 2.45. The van der Waals surface area contributed by atoms with Crippen LogP contribution in [0.15, 0.2) is 12.1 Å². The molecule has 3 nitrogen and oxygen atoms in total. The molecule has 0 bridgehead atoms. The molecule has 0 atom stereocenters. The van der Waals surface area contributed by atoms with E-state index in [0.29, 0.717) is 5.41 Å². The van der Waals surface area contributed by atoms with Gasteiger partial charge in [-0.15, -0.1) is 0 Å².